The number of rotatable bonds is 6. The van der Waals surface area contributed by atoms with E-state index < -0.39 is 0 Å². The maximum Gasteiger partial charge on any atom is 0.196 e. The van der Waals surface area contributed by atoms with Crippen LogP contribution in [0.3, 0.4) is 0 Å². The van der Waals surface area contributed by atoms with Gasteiger partial charge in [-0.15, -0.1) is 0 Å². The van der Waals surface area contributed by atoms with Gasteiger partial charge in [0.2, 0.25) is 0 Å². The fourth-order valence-electron chi connectivity index (χ4n) is 2.28. The van der Waals surface area contributed by atoms with Gasteiger partial charge in [-0.1, -0.05) is 72.7 Å². The molecule has 2 rings (SSSR count). The highest BCUT2D eigenvalue weighted by Crippen LogP contribution is 2.31. The third-order valence-electron chi connectivity index (χ3n) is 3.08. The molecule has 6 heteroatoms. The van der Waals surface area contributed by atoms with E-state index in [1.807, 2.05) is 24.5 Å². The Morgan fingerprint density at radius 1 is 1.36 bits per heavy atom. The number of hydrogen-bond acceptors (Lipinski definition) is 4. The maximum absolute atomic E-state index is 6.28. The quantitative estimate of drug-likeness (QED) is 0.443. The van der Waals surface area contributed by atoms with Crippen LogP contribution in [0.4, 0.5) is 0 Å². The molecule has 0 spiro atoms. The second kappa shape index (κ2) is 7.70. The molecule has 22 heavy (non-hydrogen) atoms. The molecule has 0 fully saturated rings. The summed E-state index contributed by atoms with van der Waals surface area (Å²) < 4.78 is 2.20. The largest absolute Gasteiger partial charge is 0.398 e. The summed E-state index contributed by atoms with van der Waals surface area (Å²) in [7, 11) is 1.48. The molecule has 0 atom stereocenters. The van der Waals surface area contributed by atoms with Gasteiger partial charge in [0.05, 0.1) is 5.69 Å². The number of thioether (sulfide) groups is 1. The Morgan fingerprint density at radius 2 is 2.05 bits per heavy atom. The summed E-state index contributed by atoms with van der Waals surface area (Å²) in [6.07, 6.45) is 2.01. The summed E-state index contributed by atoms with van der Waals surface area (Å²) in [6.45, 7) is 5.23. The second-order valence-corrected chi connectivity index (χ2v) is 6.36. The fraction of sp³-hybridized carbons (Fsp3) is 0.375. The first-order valence-electron chi connectivity index (χ1n) is 7.05. The molecular weight excluding hydrogens is 318 g/mol. The van der Waals surface area contributed by atoms with Crippen LogP contribution in [0.2, 0.25) is 0 Å². The van der Waals surface area contributed by atoms with Crippen LogP contribution in [0.15, 0.2) is 40.6 Å². The normalized spacial score (nSPS) is 12.0. The predicted octanol–water partition coefficient (Wildman–Crippen LogP) is 4.47. The van der Waals surface area contributed by atoms with E-state index >= 15 is 0 Å². The lowest BCUT2D eigenvalue weighted by atomic mass is 10.1. The van der Waals surface area contributed by atoms with E-state index in [4.69, 9.17) is 16.4 Å². The third-order valence-corrected chi connectivity index (χ3v) is 4.00. The Bertz CT molecular complexity index is 653. The van der Waals surface area contributed by atoms with Gasteiger partial charge in [-0.25, -0.2) is 4.98 Å². The van der Waals surface area contributed by atoms with Crippen LogP contribution in [-0.2, 0) is 11.4 Å². The SMILES string of the molecule is CO/N=C(/Cl)c1nc(SC)n(CC(C)C)c1-c1ccccc1. The zero-order valence-electron chi connectivity index (χ0n) is 13.2. The molecule has 1 heterocycles. The van der Waals surface area contributed by atoms with Crippen molar-refractivity contribution in [2.24, 2.45) is 11.1 Å². The summed E-state index contributed by atoms with van der Waals surface area (Å²) in [5, 5.41) is 5.03. The Morgan fingerprint density at radius 3 is 2.59 bits per heavy atom. The zero-order valence-corrected chi connectivity index (χ0v) is 14.8. The summed E-state index contributed by atoms with van der Waals surface area (Å²) in [5.74, 6) is 0.494. The number of halogens is 1. The number of imidazole rings is 1. The van der Waals surface area contributed by atoms with Crippen LogP contribution in [0.5, 0.6) is 0 Å². The molecule has 0 saturated carbocycles. The molecule has 4 nitrogen and oxygen atoms in total. The molecular formula is C16H20ClN3OS. The lowest BCUT2D eigenvalue weighted by Gasteiger charge is -2.14. The number of aromatic nitrogens is 2. The van der Waals surface area contributed by atoms with Crippen LogP contribution in [-0.4, -0.2) is 28.1 Å². The molecule has 0 aliphatic heterocycles. The first kappa shape index (κ1) is 16.9. The molecule has 0 saturated heterocycles. The van der Waals surface area contributed by atoms with Crippen molar-refractivity contribution in [2.75, 3.05) is 13.4 Å². The average Bonchev–Trinajstić information content (AvgIpc) is 2.86. The smallest absolute Gasteiger partial charge is 0.196 e. The van der Waals surface area contributed by atoms with Crippen molar-refractivity contribution >= 4 is 28.5 Å². The number of hydrogen-bond donors (Lipinski definition) is 0. The minimum absolute atomic E-state index is 0.263. The maximum atomic E-state index is 6.28. The molecule has 0 bridgehead atoms. The Balaban J connectivity index is 2.68. The van der Waals surface area contributed by atoms with Gasteiger partial charge in [-0.05, 0) is 12.2 Å². The van der Waals surface area contributed by atoms with E-state index in [0.717, 1.165) is 23.0 Å². The molecule has 0 aliphatic carbocycles. The first-order chi connectivity index (χ1) is 10.6. The van der Waals surface area contributed by atoms with E-state index in [-0.39, 0.29) is 5.17 Å². The molecule has 2 aromatic rings. The van der Waals surface area contributed by atoms with E-state index in [9.17, 15) is 0 Å². The van der Waals surface area contributed by atoms with Crippen molar-refractivity contribution < 1.29 is 4.84 Å². The topological polar surface area (TPSA) is 39.4 Å². The van der Waals surface area contributed by atoms with Gasteiger partial charge in [-0.2, -0.15) is 0 Å². The number of oxime groups is 1. The van der Waals surface area contributed by atoms with E-state index in [1.54, 1.807) is 11.8 Å². The monoisotopic (exact) mass is 337 g/mol. The fourth-order valence-corrected chi connectivity index (χ4v) is 3.05. The lowest BCUT2D eigenvalue weighted by molar-refractivity contribution is 0.214. The Labute approximate surface area is 140 Å². The summed E-state index contributed by atoms with van der Waals surface area (Å²) in [6, 6.07) is 10.1. The summed E-state index contributed by atoms with van der Waals surface area (Å²) >= 11 is 7.88. The van der Waals surface area contributed by atoms with Crippen molar-refractivity contribution in [1.29, 1.82) is 0 Å². The van der Waals surface area contributed by atoms with Crippen LogP contribution >= 0.6 is 23.4 Å². The Hall–Kier alpha value is -1.46. The zero-order chi connectivity index (χ0) is 16.1. The van der Waals surface area contributed by atoms with Gasteiger partial charge < -0.3 is 9.40 Å². The van der Waals surface area contributed by atoms with Crippen molar-refractivity contribution in [1.82, 2.24) is 9.55 Å². The highest BCUT2D eigenvalue weighted by molar-refractivity contribution is 7.98. The molecule has 0 amide bonds. The van der Waals surface area contributed by atoms with Gasteiger partial charge in [0.25, 0.3) is 0 Å². The lowest BCUT2D eigenvalue weighted by Crippen LogP contribution is -2.08. The van der Waals surface area contributed by atoms with Gasteiger partial charge in [0, 0.05) is 12.1 Å². The predicted molar refractivity (Wildman–Crippen MR) is 93.7 cm³/mol. The molecule has 0 radical (unpaired) electrons. The van der Waals surface area contributed by atoms with Gasteiger partial charge in [0.1, 0.15) is 12.8 Å². The van der Waals surface area contributed by atoms with Crippen LogP contribution in [0, 0.1) is 5.92 Å². The summed E-state index contributed by atoms with van der Waals surface area (Å²) in [4.78, 5) is 9.47. The molecule has 0 aliphatic rings. The van der Waals surface area contributed by atoms with E-state index in [0.29, 0.717) is 11.6 Å². The number of benzene rings is 1. The molecule has 1 aromatic carbocycles. The van der Waals surface area contributed by atoms with Gasteiger partial charge in [0.15, 0.2) is 10.3 Å². The van der Waals surface area contributed by atoms with Gasteiger partial charge in [-0.3, -0.25) is 0 Å². The standard InChI is InChI=1S/C16H20ClN3OS/c1-11(2)10-20-14(12-8-6-5-7-9-12)13(15(17)19-21-3)18-16(20)22-4/h5-9,11H,10H2,1-4H3/b19-15+. The minimum Gasteiger partial charge on any atom is -0.398 e. The minimum atomic E-state index is 0.263. The number of nitrogens with zero attached hydrogens (tertiary/aromatic N) is 3. The van der Waals surface area contributed by atoms with Crippen molar-refractivity contribution in [2.45, 2.75) is 25.5 Å². The highest BCUT2D eigenvalue weighted by atomic mass is 35.5. The van der Waals surface area contributed by atoms with Crippen molar-refractivity contribution in [3.05, 3.63) is 36.0 Å². The van der Waals surface area contributed by atoms with Crippen LogP contribution in [0.25, 0.3) is 11.3 Å². The molecule has 0 N–H and O–H groups in total. The highest BCUT2D eigenvalue weighted by Gasteiger charge is 2.22. The van der Waals surface area contributed by atoms with Crippen LogP contribution in [0.1, 0.15) is 19.5 Å². The third kappa shape index (κ3) is 3.65. The molecule has 1 aromatic heterocycles. The summed E-state index contributed by atoms with van der Waals surface area (Å²) in [5.41, 5.74) is 2.69. The van der Waals surface area contributed by atoms with Crippen molar-refractivity contribution in [3.8, 4) is 11.3 Å². The van der Waals surface area contributed by atoms with Gasteiger partial charge >= 0.3 is 0 Å². The van der Waals surface area contributed by atoms with Crippen molar-refractivity contribution in [3.63, 3.8) is 0 Å². The van der Waals surface area contributed by atoms with Crippen LogP contribution < -0.4 is 0 Å². The average molecular weight is 338 g/mol. The first-order valence-corrected chi connectivity index (χ1v) is 8.65. The van der Waals surface area contributed by atoms with E-state index in [2.05, 4.69) is 40.7 Å². The molecule has 0 unspecified atom stereocenters. The molecule has 118 valence electrons. The second-order valence-electron chi connectivity index (χ2n) is 5.23. The van der Waals surface area contributed by atoms with E-state index in [1.165, 1.54) is 7.11 Å². The Kier molecular flexibility index (Phi) is 5.91.